The smallest absolute Gasteiger partial charge is 0.370 e. The van der Waals surface area contributed by atoms with Gasteiger partial charge in [0.15, 0.2) is 0 Å². The summed E-state index contributed by atoms with van der Waals surface area (Å²) in [6.07, 6.45) is -4.35. The third-order valence-corrected chi connectivity index (χ3v) is 3.15. The maximum absolute atomic E-state index is 12.5. The van der Waals surface area contributed by atoms with Gasteiger partial charge in [0.25, 0.3) is 0 Å². The summed E-state index contributed by atoms with van der Waals surface area (Å²) < 4.78 is 43.1. The van der Waals surface area contributed by atoms with Crippen molar-refractivity contribution in [1.82, 2.24) is 0 Å². The van der Waals surface area contributed by atoms with Crippen LogP contribution in [0.2, 0.25) is 0 Å². The molecule has 0 aliphatic carbocycles. The largest absolute Gasteiger partial charge is 0.416 e. The Labute approximate surface area is 110 Å². The first-order chi connectivity index (χ1) is 8.90. The van der Waals surface area contributed by atoms with Gasteiger partial charge in [0.1, 0.15) is 0 Å². The molecular weight excluding hydrogens is 257 g/mol. The van der Waals surface area contributed by atoms with Gasteiger partial charge in [-0.2, -0.15) is 13.2 Å². The van der Waals surface area contributed by atoms with Crippen molar-refractivity contribution in [3.05, 3.63) is 29.8 Å². The predicted octanol–water partition coefficient (Wildman–Crippen LogP) is 2.26. The molecule has 3 nitrogen and oxygen atoms in total. The van der Waals surface area contributed by atoms with Crippen molar-refractivity contribution < 1.29 is 17.9 Å². The molecule has 1 saturated heterocycles. The Morgan fingerprint density at radius 3 is 2.42 bits per heavy atom. The molecule has 1 heterocycles. The Balaban J connectivity index is 2.13. The molecule has 1 aliphatic heterocycles. The van der Waals surface area contributed by atoms with Crippen LogP contribution in [-0.2, 0) is 10.9 Å². The third kappa shape index (κ3) is 3.39. The monoisotopic (exact) mass is 274 g/mol. The molecule has 1 aromatic rings. The van der Waals surface area contributed by atoms with Crippen molar-refractivity contribution in [2.75, 3.05) is 24.5 Å². The summed E-state index contributed by atoms with van der Waals surface area (Å²) in [7, 11) is 0. The number of nitrogens with zero attached hydrogens (tertiary/aromatic N) is 1. The first-order valence-corrected chi connectivity index (χ1v) is 6.18. The van der Waals surface area contributed by atoms with Gasteiger partial charge in [-0.25, -0.2) is 0 Å². The summed E-state index contributed by atoms with van der Waals surface area (Å²) in [5.41, 5.74) is 5.72. The van der Waals surface area contributed by atoms with E-state index in [0.29, 0.717) is 19.6 Å². The highest BCUT2D eigenvalue weighted by Gasteiger charge is 2.30. The number of morpholine rings is 1. The van der Waals surface area contributed by atoms with Crippen LogP contribution in [0.25, 0.3) is 0 Å². The number of ether oxygens (including phenoxy) is 1. The Kier molecular flexibility index (Phi) is 4.01. The third-order valence-electron chi connectivity index (χ3n) is 3.15. The first kappa shape index (κ1) is 14.1. The van der Waals surface area contributed by atoms with Crippen molar-refractivity contribution in [2.24, 2.45) is 5.73 Å². The van der Waals surface area contributed by atoms with Crippen LogP contribution < -0.4 is 10.6 Å². The Morgan fingerprint density at radius 1 is 1.26 bits per heavy atom. The summed E-state index contributed by atoms with van der Waals surface area (Å²) in [4.78, 5) is 2.01. The lowest BCUT2D eigenvalue weighted by atomic mass is 10.1. The molecule has 2 unspecified atom stereocenters. The zero-order valence-corrected chi connectivity index (χ0v) is 10.7. The van der Waals surface area contributed by atoms with Crippen molar-refractivity contribution in [1.29, 1.82) is 0 Å². The maximum Gasteiger partial charge on any atom is 0.416 e. The minimum absolute atomic E-state index is 0.0181. The van der Waals surface area contributed by atoms with E-state index in [9.17, 15) is 13.2 Å². The Hall–Kier alpha value is -1.27. The molecule has 6 heteroatoms. The molecule has 106 valence electrons. The van der Waals surface area contributed by atoms with Crippen LogP contribution in [0.15, 0.2) is 24.3 Å². The topological polar surface area (TPSA) is 38.5 Å². The minimum atomic E-state index is -4.30. The fourth-order valence-electron chi connectivity index (χ4n) is 2.25. The van der Waals surface area contributed by atoms with Crippen LogP contribution in [0.4, 0.5) is 18.9 Å². The van der Waals surface area contributed by atoms with Gasteiger partial charge in [-0.05, 0) is 31.2 Å². The van der Waals surface area contributed by atoms with Crippen molar-refractivity contribution in [3.8, 4) is 0 Å². The molecule has 2 N–H and O–H groups in total. The summed E-state index contributed by atoms with van der Waals surface area (Å²) in [6, 6.07) is 5.20. The van der Waals surface area contributed by atoms with Crippen LogP contribution in [0.3, 0.4) is 0 Å². The SMILES string of the molecule is CC1CN(c2ccc(C(F)(F)F)cc2)CC(CN)O1. The molecule has 2 atom stereocenters. The lowest BCUT2D eigenvalue weighted by Crippen LogP contribution is -2.49. The molecule has 0 bridgehead atoms. The van der Waals surface area contributed by atoms with Gasteiger partial charge in [0, 0.05) is 25.3 Å². The van der Waals surface area contributed by atoms with E-state index in [2.05, 4.69) is 0 Å². The van der Waals surface area contributed by atoms with Crippen molar-refractivity contribution in [3.63, 3.8) is 0 Å². The molecular formula is C13H17F3N2O. The van der Waals surface area contributed by atoms with Gasteiger partial charge in [0.05, 0.1) is 17.8 Å². The standard InChI is InChI=1S/C13H17F3N2O/c1-9-7-18(8-12(6-17)19-9)11-4-2-10(3-5-11)13(14,15)16/h2-5,9,12H,6-8,17H2,1H3. The summed E-state index contributed by atoms with van der Waals surface area (Å²) in [6.45, 7) is 3.59. The lowest BCUT2D eigenvalue weighted by molar-refractivity contribution is -0.137. The zero-order chi connectivity index (χ0) is 14.0. The number of benzene rings is 1. The molecule has 1 fully saturated rings. The van der Waals surface area contributed by atoms with E-state index in [1.807, 2.05) is 11.8 Å². The molecule has 1 aliphatic rings. The van der Waals surface area contributed by atoms with Gasteiger partial charge in [-0.15, -0.1) is 0 Å². The molecule has 0 radical (unpaired) electrons. The van der Waals surface area contributed by atoms with E-state index in [4.69, 9.17) is 10.5 Å². The average Bonchev–Trinajstić information content (AvgIpc) is 2.37. The minimum Gasteiger partial charge on any atom is -0.370 e. The van der Waals surface area contributed by atoms with E-state index in [-0.39, 0.29) is 12.2 Å². The highest BCUT2D eigenvalue weighted by atomic mass is 19.4. The van der Waals surface area contributed by atoms with Gasteiger partial charge in [-0.3, -0.25) is 0 Å². The first-order valence-electron chi connectivity index (χ1n) is 6.18. The number of hydrogen-bond donors (Lipinski definition) is 1. The van der Waals surface area contributed by atoms with Gasteiger partial charge in [0.2, 0.25) is 0 Å². The van der Waals surface area contributed by atoms with E-state index < -0.39 is 11.7 Å². The number of halogens is 3. The summed E-state index contributed by atoms with van der Waals surface area (Å²) >= 11 is 0. The zero-order valence-electron chi connectivity index (χ0n) is 10.7. The maximum atomic E-state index is 12.5. The predicted molar refractivity (Wildman–Crippen MR) is 67.0 cm³/mol. The summed E-state index contributed by atoms with van der Waals surface area (Å²) in [5, 5.41) is 0. The number of anilines is 1. The van der Waals surface area contributed by atoms with E-state index in [1.54, 1.807) is 0 Å². The molecule has 1 aromatic carbocycles. The van der Waals surface area contributed by atoms with Crippen molar-refractivity contribution >= 4 is 5.69 Å². The molecule has 0 saturated carbocycles. The van der Waals surface area contributed by atoms with E-state index >= 15 is 0 Å². The molecule has 19 heavy (non-hydrogen) atoms. The quantitative estimate of drug-likeness (QED) is 0.899. The Morgan fingerprint density at radius 2 is 1.89 bits per heavy atom. The fraction of sp³-hybridized carbons (Fsp3) is 0.538. The second kappa shape index (κ2) is 5.38. The normalized spacial score (nSPS) is 24.6. The average molecular weight is 274 g/mol. The van der Waals surface area contributed by atoms with Crippen LogP contribution in [0.5, 0.6) is 0 Å². The van der Waals surface area contributed by atoms with Crippen LogP contribution in [0.1, 0.15) is 12.5 Å². The molecule has 0 spiro atoms. The van der Waals surface area contributed by atoms with Gasteiger partial charge >= 0.3 is 6.18 Å². The summed E-state index contributed by atoms with van der Waals surface area (Å²) in [5.74, 6) is 0. The second-order valence-electron chi connectivity index (χ2n) is 4.75. The second-order valence-corrected chi connectivity index (χ2v) is 4.75. The highest BCUT2D eigenvalue weighted by Crippen LogP contribution is 2.31. The van der Waals surface area contributed by atoms with Crippen LogP contribution in [-0.4, -0.2) is 31.8 Å². The van der Waals surface area contributed by atoms with Crippen LogP contribution >= 0.6 is 0 Å². The molecule has 0 aromatic heterocycles. The molecule has 2 rings (SSSR count). The number of nitrogens with two attached hydrogens (primary N) is 1. The highest BCUT2D eigenvalue weighted by molar-refractivity contribution is 5.48. The van der Waals surface area contributed by atoms with Crippen molar-refractivity contribution in [2.45, 2.75) is 25.3 Å². The Bertz CT molecular complexity index is 419. The van der Waals surface area contributed by atoms with Gasteiger partial charge in [-0.1, -0.05) is 0 Å². The fourth-order valence-corrected chi connectivity index (χ4v) is 2.25. The van der Waals surface area contributed by atoms with E-state index in [0.717, 1.165) is 17.8 Å². The van der Waals surface area contributed by atoms with Gasteiger partial charge < -0.3 is 15.4 Å². The van der Waals surface area contributed by atoms with Crippen LogP contribution in [0, 0.1) is 0 Å². The number of hydrogen-bond acceptors (Lipinski definition) is 3. The number of rotatable bonds is 2. The lowest BCUT2D eigenvalue weighted by Gasteiger charge is -2.37. The molecule has 0 amide bonds. The number of alkyl halides is 3. The van der Waals surface area contributed by atoms with E-state index in [1.165, 1.54) is 12.1 Å².